The Labute approximate surface area is 132 Å². The third-order valence-corrected chi connectivity index (χ3v) is 3.42. The Kier molecular flexibility index (Phi) is 9.03. The molecule has 1 aromatic heterocycles. The van der Waals surface area contributed by atoms with Crippen LogP contribution in [-0.4, -0.2) is 25.7 Å². The molecule has 5 nitrogen and oxygen atoms in total. The fraction of sp³-hybridized carbons (Fsp3) is 0.647. The number of rotatable bonds is 11. The number of ether oxygens (including phenoxy) is 2. The summed E-state index contributed by atoms with van der Waals surface area (Å²) in [4.78, 5) is 22.9. The van der Waals surface area contributed by atoms with Crippen LogP contribution in [0.1, 0.15) is 79.4 Å². The van der Waals surface area contributed by atoms with Crippen LogP contribution in [0.3, 0.4) is 0 Å². The second kappa shape index (κ2) is 10.9. The zero-order valence-electron chi connectivity index (χ0n) is 13.6. The van der Waals surface area contributed by atoms with Crippen molar-refractivity contribution in [1.29, 1.82) is 0 Å². The molecule has 0 aliphatic rings. The average molecular weight is 310 g/mol. The molecular weight excluding hydrogens is 284 g/mol. The number of esters is 2. The van der Waals surface area contributed by atoms with E-state index in [2.05, 4.69) is 11.7 Å². The maximum absolute atomic E-state index is 11.7. The van der Waals surface area contributed by atoms with Gasteiger partial charge in [0.15, 0.2) is 0 Å². The van der Waals surface area contributed by atoms with Crippen molar-refractivity contribution in [3.8, 4) is 0 Å². The van der Waals surface area contributed by atoms with Crippen molar-refractivity contribution in [2.45, 2.75) is 58.3 Å². The van der Waals surface area contributed by atoms with E-state index < -0.39 is 11.9 Å². The summed E-state index contributed by atoms with van der Waals surface area (Å²) in [6, 6.07) is 2.82. The van der Waals surface area contributed by atoms with Gasteiger partial charge in [-0.1, -0.05) is 51.9 Å². The van der Waals surface area contributed by atoms with E-state index in [0.29, 0.717) is 6.61 Å². The van der Waals surface area contributed by atoms with Crippen LogP contribution < -0.4 is 0 Å². The highest BCUT2D eigenvalue weighted by atomic mass is 16.6. The summed E-state index contributed by atoms with van der Waals surface area (Å²) in [6.07, 6.45) is 9.51. The normalized spacial score (nSPS) is 10.5. The Morgan fingerprint density at radius 3 is 2.05 bits per heavy atom. The van der Waals surface area contributed by atoms with Crippen molar-refractivity contribution in [3.05, 3.63) is 23.7 Å². The molecule has 0 saturated carbocycles. The molecule has 1 aromatic rings. The number of carbonyl (C=O) groups is 2. The van der Waals surface area contributed by atoms with Crippen LogP contribution in [-0.2, 0) is 9.47 Å². The number of hydrogen-bond donors (Lipinski definition) is 0. The van der Waals surface area contributed by atoms with Gasteiger partial charge in [-0.2, -0.15) is 0 Å². The summed E-state index contributed by atoms with van der Waals surface area (Å²) in [6.45, 7) is 2.59. The van der Waals surface area contributed by atoms with Gasteiger partial charge < -0.3 is 13.9 Å². The molecule has 0 amide bonds. The van der Waals surface area contributed by atoms with Crippen LogP contribution >= 0.6 is 0 Å². The van der Waals surface area contributed by atoms with Crippen LogP contribution in [0.25, 0.3) is 0 Å². The molecule has 0 aliphatic heterocycles. The van der Waals surface area contributed by atoms with Gasteiger partial charge in [0.1, 0.15) is 0 Å². The minimum atomic E-state index is -0.609. The second-order valence-corrected chi connectivity index (χ2v) is 5.27. The first-order valence-electron chi connectivity index (χ1n) is 8.04. The fourth-order valence-electron chi connectivity index (χ4n) is 2.13. The molecule has 0 atom stereocenters. The number of hydrogen-bond acceptors (Lipinski definition) is 5. The first-order valence-corrected chi connectivity index (χ1v) is 8.04. The average Bonchev–Trinajstić information content (AvgIpc) is 3.02. The van der Waals surface area contributed by atoms with Crippen LogP contribution in [0.5, 0.6) is 0 Å². The minimum Gasteiger partial charge on any atom is -0.463 e. The molecule has 0 N–H and O–H groups in total. The van der Waals surface area contributed by atoms with E-state index in [1.807, 2.05) is 0 Å². The Morgan fingerprint density at radius 2 is 1.45 bits per heavy atom. The van der Waals surface area contributed by atoms with E-state index in [0.717, 1.165) is 12.8 Å². The summed E-state index contributed by atoms with van der Waals surface area (Å²) in [5.74, 6) is -1.12. The highest BCUT2D eigenvalue weighted by Gasteiger charge is 2.16. The van der Waals surface area contributed by atoms with Gasteiger partial charge in [-0.15, -0.1) is 0 Å². The number of furan rings is 1. The molecule has 0 spiro atoms. The molecule has 0 unspecified atom stereocenters. The SMILES string of the molecule is CCCCCCCCCCOC(=O)c1ccc(C(=O)OC)o1. The lowest BCUT2D eigenvalue weighted by atomic mass is 10.1. The molecule has 124 valence electrons. The number of unbranched alkanes of at least 4 members (excludes halogenated alkanes) is 7. The Morgan fingerprint density at radius 1 is 0.909 bits per heavy atom. The predicted octanol–water partition coefficient (Wildman–Crippen LogP) is 4.36. The van der Waals surface area contributed by atoms with E-state index in [4.69, 9.17) is 9.15 Å². The lowest BCUT2D eigenvalue weighted by Crippen LogP contribution is -2.05. The summed E-state index contributed by atoms with van der Waals surface area (Å²) in [5, 5.41) is 0. The molecule has 5 heteroatoms. The van der Waals surface area contributed by atoms with Crippen LogP contribution in [0.4, 0.5) is 0 Å². The van der Waals surface area contributed by atoms with Gasteiger partial charge >= 0.3 is 11.9 Å². The number of carbonyl (C=O) groups excluding carboxylic acids is 2. The molecule has 0 saturated heterocycles. The number of methoxy groups -OCH3 is 1. The fourth-order valence-corrected chi connectivity index (χ4v) is 2.13. The molecule has 0 bridgehead atoms. The Balaban J connectivity index is 2.11. The monoisotopic (exact) mass is 310 g/mol. The van der Waals surface area contributed by atoms with Crippen molar-refractivity contribution in [3.63, 3.8) is 0 Å². The lowest BCUT2D eigenvalue weighted by molar-refractivity contribution is 0.0451. The van der Waals surface area contributed by atoms with Crippen molar-refractivity contribution in [1.82, 2.24) is 0 Å². The second-order valence-electron chi connectivity index (χ2n) is 5.27. The minimum absolute atomic E-state index is 0.00142. The Bertz CT molecular complexity index is 450. The smallest absolute Gasteiger partial charge is 0.374 e. The van der Waals surface area contributed by atoms with Crippen molar-refractivity contribution >= 4 is 11.9 Å². The third-order valence-electron chi connectivity index (χ3n) is 3.42. The molecule has 0 aromatic carbocycles. The zero-order valence-corrected chi connectivity index (χ0v) is 13.6. The van der Waals surface area contributed by atoms with E-state index in [-0.39, 0.29) is 11.5 Å². The standard InChI is InChI=1S/C17H26O5/c1-3-4-5-6-7-8-9-10-13-21-17(19)15-12-11-14(22-15)16(18)20-2/h11-12H,3-10,13H2,1-2H3. The van der Waals surface area contributed by atoms with Crippen molar-refractivity contribution in [2.24, 2.45) is 0 Å². The topological polar surface area (TPSA) is 65.7 Å². The van der Waals surface area contributed by atoms with Gasteiger partial charge in [-0.3, -0.25) is 0 Å². The first kappa shape index (κ1) is 18.3. The predicted molar refractivity (Wildman–Crippen MR) is 82.9 cm³/mol. The molecule has 1 heterocycles. The van der Waals surface area contributed by atoms with Gasteiger partial charge in [-0.05, 0) is 18.6 Å². The zero-order chi connectivity index (χ0) is 16.2. The highest BCUT2D eigenvalue weighted by Crippen LogP contribution is 2.12. The highest BCUT2D eigenvalue weighted by molar-refractivity contribution is 5.90. The molecule has 0 fully saturated rings. The first-order chi connectivity index (χ1) is 10.7. The quantitative estimate of drug-likeness (QED) is 0.448. The maximum atomic E-state index is 11.7. The summed E-state index contributed by atoms with van der Waals surface area (Å²) in [5.41, 5.74) is 0. The van der Waals surface area contributed by atoms with Crippen LogP contribution in [0, 0.1) is 0 Å². The van der Waals surface area contributed by atoms with Crippen LogP contribution in [0.2, 0.25) is 0 Å². The molecular formula is C17H26O5. The third kappa shape index (κ3) is 6.78. The lowest BCUT2D eigenvalue weighted by Gasteiger charge is -2.03. The van der Waals surface area contributed by atoms with Crippen molar-refractivity contribution < 1.29 is 23.5 Å². The van der Waals surface area contributed by atoms with Gasteiger partial charge in [0.2, 0.25) is 11.5 Å². The van der Waals surface area contributed by atoms with E-state index in [1.165, 1.54) is 57.8 Å². The van der Waals surface area contributed by atoms with E-state index in [9.17, 15) is 9.59 Å². The Hall–Kier alpha value is -1.78. The van der Waals surface area contributed by atoms with E-state index in [1.54, 1.807) is 0 Å². The van der Waals surface area contributed by atoms with Gasteiger partial charge in [0, 0.05) is 0 Å². The van der Waals surface area contributed by atoms with Gasteiger partial charge in [0.25, 0.3) is 0 Å². The molecule has 22 heavy (non-hydrogen) atoms. The molecule has 0 radical (unpaired) electrons. The van der Waals surface area contributed by atoms with Gasteiger partial charge in [0.05, 0.1) is 13.7 Å². The molecule has 1 rings (SSSR count). The largest absolute Gasteiger partial charge is 0.463 e. The van der Waals surface area contributed by atoms with E-state index >= 15 is 0 Å². The molecule has 0 aliphatic carbocycles. The summed E-state index contributed by atoms with van der Waals surface area (Å²) < 4.78 is 14.7. The van der Waals surface area contributed by atoms with Crippen molar-refractivity contribution in [2.75, 3.05) is 13.7 Å². The van der Waals surface area contributed by atoms with Crippen LogP contribution in [0.15, 0.2) is 16.5 Å². The summed E-state index contributed by atoms with van der Waals surface area (Å²) in [7, 11) is 1.26. The maximum Gasteiger partial charge on any atom is 0.374 e. The summed E-state index contributed by atoms with van der Waals surface area (Å²) >= 11 is 0. The van der Waals surface area contributed by atoms with Gasteiger partial charge in [-0.25, -0.2) is 9.59 Å².